The largest absolute Gasteiger partial charge is 0.479 e. The Kier molecular flexibility index (Phi) is 5.20. The molecule has 1 unspecified atom stereocenters. The predicted molar refractivity (Wildman–Crippen MR) is 91.5 cm³/mol. The molecular formula is C16H17Cl2N3O3. The number of halogens is 2. The third-order valence-electron chi connectivity index (χ3n) is 4.04. The van der Waals surface area contributed by atoms with Gasteiger partial charge in [-0.2, -0.15) is 5.10 Å². The highest BCUT2D eigenvalue weighted by Gasteiger charge is 2.41. The molecule has 0 aliphatic carbocycles. The van der Waals surface area contributed by atoms with Gasteiger partial charge in [-0.05, 0) is 31.0 Å². The van der Waals surface area contributed by atoms with E-state index in [-0.39, 0.29) is 17.1 Å². The molecule has 24 heavy (non-hydrogen) atoms. The first-order valence-corrected chi connectivity index (χ1v) is 7.99. The molecule has 8 heteroatoms. The third kappa shape index (κ3) is 3.12. The molecule has 2 N–H and O–H groups in total. The number of carbonyl (C=O) groups excluding carboxylic acids is 1. The number of aryl methyl sites for hydroxylation is 1. The van der Waals surface area contributed by atoms with Gasteiger partial charge in [0.1, 0.15) is 0 Å². The van der Waals surface area contributed by atoms with Crippen LogP contribution in [0.2, 0.25) is 10.0 Å². The van der Waals surface area contributed by atoms with Gasteiger partial charge in [0, 0.05) is 12.1 Å². The minimum atomic E-state index is -1.60. The van der Waals surface area contributed by atoms with E-state index in [0.717, 1.165) is 0 Å². The van der Waals surface area contributed by atoms with E-state index in [9.17, 15) is 14.7 Å². The lowest BCUT2D eigenvalue weighted by atomic mass is 9.87. The molecule has 0 spiro atoms. The highest BCUT2D eigenvalue weighted by atomic mass is 35.5. The molecule has 0 saturated carbocycles. The zero-order chi connectivity index (χ0) is 18.1. The molecular weight excluding hydrogens is 353 g/mol. The van der Waals surface area contributed by atoms with Gasteiger partial charge in [-0.25, -0.2) is 4.79 Å². The van der Waals surface area contributed by atoms with Crippen molar-refractivity contribution >= 4 is 35.1 Å². The quantitative estimate of drug-likeness (QED) is 0.847. The Balaban J connectivity index is 2.46. The predicted octanol–water partition coefficient (Wildman–Crippen LogP) is 3.16. The fourth-order valence-corrected chi connectivity index (χ4v) is 2.78. The lowest BCUT2D eigenvalue weighted by Gasteiger charge is -2.29. The van der Waals surface area contributed by atoms with Crippen molar-refractivity contribution in [1.82, 2.24) is 15.1 Å². The average Bonchev–Trinajstić information content (AvgIpc) is 2.80. The SMILES string of the molecule is CCC(NC(=O)c1nn(C)c(C)c1Cl)(C(=O)O)c1ccc(Cl)cc1. The van der Waals surface area contributed by atoms with Crippen LogP contribution < -0.4 is 5.32 Å². The van der Waals surface area contributed by atoms with Crippen LogP contribution in [0.15, 0.2) is 24.3 Å². The second kappa shape index (κ2) is 6.83. The fraction of sp³-hybridized carbons (Fsp3) is 0.312. The first-order chi connectivity index (χ1) is 11.2. The molecule has 1 amide bonds. The molecule has 128 valence electrons. The van der Waals surface area contributed by atoms with Crippen molar-refractivity contribution in [2.75, 3.05) is 0 Å². The van der Waals surface area contributed by atoms with Crippen LogP contribution in [0.3, 0.4) is 0 Å². The number of aliphatic carboxylic acids is 1. The number of nitrogens with zero attached hydrogens (tertiary/aromatic N) is 2. The van der Waals surface area contributed by atoms with Gasteiger partial charge < -0.3 is 10.4 Å². The number of nitrogens with one attached hydrogen (secondary N) is 1. The lowest BCUT2D eigenvalue weighted by Crippen LogP contribution is -2.51. The summed E-state index contributed by atoms with van der Waals surface area (Å²) >= 11 is 12.0. The normalized spacial score (nSPS) is 13.4. The number of carboxylic acids is 1. The number of aromatic nitrogens is 2. The van der Waals surface area contributed by atoms with Crippen molar-refractivity contribution in [1.29, 1.82) is 0 Å². The summed E-state index contributed by atoms with van der Waals surface area (Å²) in [7, 11) is 1.65. The first-order valence-electron chi connectivity index (χ1n) is 7.24. The van der Waals surface area contributed by atoms with Crippen molar-refractivity contribution in [3.8, 4) is 0 Å². The molecule has 2 aromatic rings. The van der Waals surface area contributed by atoms with Gasteiger partial charge in [0.25, 0.3) is 5.91 Å². The minimum Gasteiger partial charge on any atom is -0.479 e. The van der Waals surface area contributed by atoms with E-state index in [4.69, 9.17) is 23.2 Å². The van der Waals surface area contributed by atoms with E-state index in [1.807, 2.05) is 0 Å². The van der Waals surface area contributed by atoms with Crippen LogP contribution in [-0.4, -0.2) is 26.8 Å². The van der Waals surface area contributed by atoms with Gasteiger partial charge in [-0.15, -0.1) is 0 Å². The van der Waals surface area contributed by atoms with Crippen LogP contribution >= 0.6 is 23.2 Å². The number of hydrogen-bond acceptors (Lipinski definition) is 3. The van der Waals surface area contributed by atoms with Crippen LogP contribution in [-0.2, 0) is 17.4 Å². The van der Waals surface area contributed by atoms with Crippen LogP contribution in [0, 0.1) is 6.92 Å². The van der Waals surface area contributed by atoms with Crippen molar-refractivity contribution in [3.63, 3.8) is 0 Å². The molecule has 0 bridgehead atoms. The van der Waals surface area contributed by atoms with Crippen molar-refractivity contribution in [2.45, 2.75) is 25.8 Å². The van der Waals surface area contributed by atoms with Gasteiger partial charge in [-0.1, -0.05) is 42.3 Å². The molecule has 6 nitrogen and oxygen atoms in total. The molecule has 0 saturated heterocycles. The number of amides is 1. The molecule has 0 fully saturated rings. The summed E-state index contributed by atoms with van der Waals surface area (Å²) in [5.41, 5.74) is -0.578. The number of hydrogen-bond donors (Lipinski definition) is 2. The molecule has 0 aliphatic heterocycles. The van der Waals surface area contributed by atoms with E-state index >= 15 is 0 Å². The number of benzene rings is 1. The van der Waals surface area contributed by atoms with Gasteiger partial charge >= 0.3 is 5.97 Å². The number of carboxylic acid groups (broad SMARTS) is 1. The van der Waals surface area contributed by atoms with E-state index in [2.05, 4.69) is 10.4 Å². The second-order valence-corrected chi connectivity index (χ2v) is 6.21. The molecule has 1 heterocycles. The Morgan fingerprint density at radius 2 is 1.88 bits per heavy atom. The Bertz CT molecular complexity index is 787. The maximum Gasteiger partial charge on any atom is 0.334 e. The highest BCUT2D eigenvalue weighted by Crippen LogP contribution is 2.28. The summed E-state index contributed by atoms with van der Waals surface area (Å²) in [6, 6.07) is 6.31. The Hall–Kier alpha value is -2.05. The van der Waals surface area contributed by atoms with Gasteiger partial charge in [0.2, 0.25) is 0 Å². The van der Waals surface area contributed by atoms with E-state index in [1.165, 1.54) is 4.68 Å². The molecule has 1 atom stereocenters. The summed E-state index contributed by atoms with van der Waals surface area (Å²) in [6.07, 6.45) is 0.138. The minimum absolute atomic E-state index is 0.00953. The Morgan fingerprint density at radius 3 is 2.29 bits per heavy atom. The van der Waals surface area contributed by atoms with Gasteiger partial charge in [0.15, 0.2) is 11.2 Å². The van der Waals surface area contributed by atoms with E-state index in [1.54, 1.807) is 45.2 Å². The summed E-state index contributed by atoms with van der Waals surface area (Å²) in [4.78, 5) is 24.5. The van der Waals surface area contributed by atoms with Crippen LogP contribution in [0.5, 0.6) is 0 Å². The van der Waals surface area contributed by atoms with E-state index < -0.39 is 17.4 Å². The maximum atomic E-state index is 12.6. The van der Waals surface area contributed by atoms with Gasteiger partial charge in [0.05, 0.1) is 10.7 Å². The maximum absolute atomic E-state index is 12.6. The Labute approximate surface area is 149 Å². The topological polar surface area (TPSA) is 84.2 Å². The number of carbonyl (C=O) groups is 2. The third-order valence-corrected chi connectivity index (χ3v) is 4.74. The monoisotopic (exact) mass is 369 g/mol. The van der Waals surface area contributed by atoms with Crippen LogP contribution in [0.25, 0.3) is 0 Å². The first kappa shape index (κ1) is 18.3. The summed E-state index contributed by atoms with van der Waals surface area (Å²) < 4.78 is 1.47. The van der Waals surface area contributed by atoms with Crippen molar-refractivity contribution in [3.05, 3.63) is 51.3 Å². The summed E-state index contributed by atoms with van der Waals surface area (Å²) in [6.45, 7) is 3.39. The van der Waals surface area contributed by atoms with E-state index in [0.29, 0.717) is 16.3 Å². The molecule has 0 aliphatic rings. The summed E-state index contributed by atoms with van der Waals surface area (Å²) in [5.74, 6) is -1.83. The molecule has 1 aromatic heterocycles. The van der Waals surface area contributed by atoms with Crippen LogP contribution in [0.4, 0.5) is 0 Å². The average molecular weight is 370 g/mol. The zero-order valence-corrected chi connectivity index (χ0v) is 14.9. The number of rotatable bonds is 5. The fourth-order valence-electron chi connectivity index (χ4n) is 2.41. The highest BCUT2D eigenvalue weighted by molar-refractivity contribution is 6.34. The summed E-state index contributed by atoms with van der Waals surface area (Å²) in [5, 5.41) is 17.1. The second-order valence-electron chi connectivity index (χ2n) is 5.40. The lowest BCUT2D eigenvalue weighted by molar-refractivity contribution is -0.145. The molecule has 2 rings (SSSR count). The van der Waals surface area contributed by atoms with Crippen molar-refractivity contribution in [2.24, 2.45) is 7.05 Å². The van der Waals surface area contributed by atoms with Crippen LogP contribution in [0.1, 0.15) is 35.1 Å². The smallest absolute Gasteiger partial charge is 0.334 e. The van der Waals surface area contributed by atoms with Gasteiger partial charge in [-0.3, -0.25) is 9.48 Å². The van der Waals surface area contributed by atoms with Crippen molar-refractivity contribution < 1.29 is 14.7 Å². The zero-order valence-electron chi connectivity index (χ0n) is 13.4. The molecule has 0 radical (unpaired) electrons. The molecule has 1 aromatic carbocycles. The Morgan fingerprint density at radius 1 is 1.29 bits per heavy atom. The standard InChI is InChI=1S/C16H17Cl2N3O3/c1-4-16(15(23)24,10-5-7-11(17)8-6-10)19-14(22)13-12(18)9(2)21(3)20-13/h5-8H,4H2,1-3H3,(H,19,22)(H,23,24).